The molecule has 2 aromatic carbocycles. The molecule has 0 aliphatic carbocycles. The van der Waals surface area contributed by atoms with Gasteiger partial charge >= 0.3 is 0 Å². The minimum absolute atomic E-state index is 0.0542. The second-order valence-corrected chi connectivity index (χ2v) is 4.70. The van der Waals surface area contributed by atoms with Crippen LogP contribution in [0.15, 0.2) is 42.5 Å². The van der Waals surface area contributed by atoms with Gasteiger partial charge in [0.1, 0.15) is 29.6 Å². The van der Waals surface area contributed by atoms with Crippen molar-refractivity contribution in [2.75, 3.05) is 0 Å². The minimum atomic E-state index is -0.655. The van der Waals surface area contributed by atoms with Gasteiger partial charge in [-0.15, -0.1) is 0 Å². The molecule has 0 bridgehead atoms. The van der Waals surface area contributed by atoms with E-state index in [9.17, 15) is 8.78 Å². The molecule has 0 aliphatic rings. The summed E-state index contributed by atoms with van der Waals surface area (Å²) < 4.78 is 32.2. The lowest BCUT2D eigenvalue weighted by Crippen LogP contribution is -2.29. The van der Waals surface area contributed by atoms with Gasteiger partial charge < -0.3 is 10.5 Å². The standard InChI is InChI=1S/C16H14F2N2O/c1-10(20)16(11-2-5-13(17)6-3-11)21-14-7-4-12(9-19)15(18)8-14/h2-8,10,16H,20H2,1H3. The minimum Gasteiger partial charge on any atom is -0.484 e. The molecule has 0 heterocycles. The summed E-state index contributed by atoms with van der Waals surface area (Å²) in [5.41, 5.74) is 6.52. The monoisotopic (exact) mass is 288 g/mol. The summed E-state index contributed by atoms with van der Waals surface area (Å²) in [5.74, 6) is -0.748. The van der Waals surface area contributed by atoms with E-state index in [0.29, 0.717) is 5.56 Å². The van der Waals surface area contributed by atoms with Crippen LogP contribution in [0.25, 0.3) is 0 Å². The summed E-state index contributed by atoms with van der Waals surface area (Å²) in [6.07, 6.45) is -0.544. The molecule has 108 valence electrons. The summed E-state index contributed by atoms with van der Waals surface area (Å²) >= 11 is 0. The van der Waals surface area contributed by atoms with Crippen LogP contribution in [0.2, 0.25) is 0 Å². The smallest absolute Gasteiger partial charge is 0.144 e. The highest BCUT2D eigenvalue weighted by atomic mass is 19.1. The van der Waals surface area contributed by atoms with Crippen molar-refractivity contribution >= 4 is 0 Å². The van der Waals surface area contributed by atoms with E-state index in [0.717, 1.165) is 6.07 Å². The van der Waals surface area contributed by atoms with Gasteiger partial charge in [-0.25, -0.2) is 8.78 Å². The Morgan fingerprint density at radius 2 is 1.81 bits per heavy atom. The molecule has 0 amide bonds. The molecule has 2 aromatic rings. The number of nitrogens with zero attached hydrogens (tertiary/aromatic N) is 1. The van der Waals surface area contributed by atoms with Gasteiger partial charge in [0.05, 0.1) is 5.56 Å². The first-order valence-corrected chi connectivity index (χ1v) is 6.38. The second kappa shape index (κ2) is 6.33. The molecule has 0 aliphatic heterocycles. The molecule has 2 atom stereocenters. The normalized spacial score (nSPS) is 13.3. The molecular formula is C16H14F2N2O. The Labute approximate surface area is 121 Å². The Morgan fingerprint density at radius 1 is 1.14 bits per heavy atom. The zero-order chi connectivity index (χ0) is 15.4. The number of rotatable bonds is 4. The average Bonchev–Trinajstić information content (AvgIpc) is 2.46. The molecule has 0 saturated heterocycles. The first kappa shape index (κ1) is 14.9. The van der Waals surface area contributed by atoms with Crippen molar-refractivity contribution in [1.29, 1.82) is 5.26 Å². The number of nitrogens with two attached hydrogens (primary N) is 1. The first-order valence-electron chi connectivity index (χ1n) is 6.38. The van der Waals surface area contributed by atoms with Crippen LogP contribution in [0.1, 0.15) is 24.2 Å². The number of ether oxygens (including phenoxy) is 1. The van der Waals surface area contributed by atoms with Crippen LogP contribution in [0, 0.1) is 23.0 Å². The molecule has 0 spiro atoms. The van der Waals surface area contributed by atoms with Gasteiger partial charge in [-0.3, -0.25) is 0 Å². The highest BCUT2D eigenvalue weighted by molar-refractivity contribution is 5.36. The van der Waals surface area contributed by atoms with Gasteiger partial charge in [0, 0.05) is 12.1 Å². The van der Waals surface area contributed by atoms with Gasteiger partial charge in [-0.05, 0) is 36.8 Å². The van der Waals surface area contributed by atoms with Crippen LogP contribution >= 0.6 is 0 Å². The largest absolute Gasteiger partial charge is 0.484 e. The lowest BCUT2D eigenvalue weighted by molar-refractivity contribution is 0.179. The van der Waals surface area contributed by atoms with E-state index in [1.807, 2.05) is 0 Å². The van der Waals surface area contributed by atoms with Gasteiger partial charge in [0.15, 0.2) is 0 Å². The van der Waals surface area contributed by atoms with E-state index < -0.39 is 11.9 Å². The van der Waals surface area contributed by atoms with E-state index in [2.05, 4.69) is 0 Å². The number of halogens is 2. The molecule has 2 N–H and O–H groups in total. The fourth-order valence-corrected chi connectivity index (χ4v) is 1.94. The summed E-state index contributed by atoms with van der Waals surface area (Å²) in [5, 5.41) is 8.70. The topological polar surface area (TPSA) is 59.0 Å². The average molecular weight is 288 g/mol. The molecule has 21 heavy (non-hydrogen) atoms. The van der Waals surface area contributed by atoms with Crippen molar-refractivity contribution in [3.05, 3.63) is 65.2 Å². The molecule has 0 fully saturated rings. The zero-order valence-corrected chi connectivity index (χ0v) is 11.4. The van der Waals surface area contributed by atoms with Crippen molar-refractivity contribution in [1.82, 2.24) is 0 Å². The van der Waals surface area contributed by atoms with Crippen molar-refractivity contribution in [2.24, 2.45) is 5.73 Å². The van der Waals surface area contributed by atoms with E-state index in [4.69, 9.17) is 15.7 Å². The van der Waals surface area contributed by atoms with Crippen LogP contribution in [-0.4, -0.2) is 6.04 Å². The predicted octanol–water partition coefficient (Wildman–Crippen LogP) is 3.30. The number of hydrogen-bond acceptors (Lipinski definition) is 3. The van der Waals surface area contributed by atoms with Crippen molar-refractivity contribution in [3.8, 4) is 11.8 Å². The summed E-state index contributed by atoms with van der Waals surface area (Å²) in [7, 11) is 0. The van der Waals surface area contributed by atoms with Crippen LogP contribution in [0.5, 0.6) is 5.75 Å². The number of nitriles is 1. The molecule has 0 radical (unpaired) electrons. The van der Waals surface area contributed by atoms with Gasteiger partial charge in [0.2, 0.25) is 0 Å². The predicted molar refractivity (Wildman–Crippen MR) is 74.5 cm³/mol. The second-order valence-electron chi connectivity index (χ2n) is 4.70. The third-order valence-corrected chi connectivity index (χ3v) is 3.00. The maximum atomic E-state index is 13.6. The summed E-state index contributed by atoms with van der Waals surface area (Å²) in [6.45, 7) is 1.74. The molecule has 2 unspecified atom stereocenters. The zero-order valence-electron chi connectivity index (χ0n) is 11.4. The fraction of sp³-hybridized carbons (Fsp3) is 0.188. The quantitative estimate of drug-likeness (QED) is 0.939. The Hall–Kier alpha value is -2.45. The maximum absolute atomic E-state index is 13.6. The van der Waals surface area contributed by atoms with Crippen molar-refractivity contribution < 1.29 is 13.5 Å². The Kier molecular flexibility index (Phi) is 4.51. The van der Waals surface area contributed by atoms with Crippen LogP contribution in [0.4, 0.5) is 8.78 Å². The van der Waals surface area contributed by atoms with E-state index in [1.165, 1.54) is 24.3 Å². The van der Waals surface area contributed by atoms with E-state index in [-0.39, 0.29) is 23.2 Å². The van der Waals surface area contributed by atoms with Gasteiger partial charge in [-0.1, -0.05) is 12.1 Å². The van der Waals surface area contributed by atoms with Gasteiger partial charge in [-0.2, -0.15) is 5.26 Å². The molecule has 3 nitrogen and oxygen atoms in total. The van der Waals surface area contributed by atoms with Gasteiger partial charge in [0.25, 0.3) is 0 Å². The molecule has 0 saturated carbocycles. The van der Waals surface area contributed by atoms with Crippen molar-refractivity contribution in [2.45, 2.75) is 19.1 Å². The Morgan fingerprint density at radius 3 is 2.33 bits per heavy atom. The highest BCUT2D eigenvalue weighted by Gasteiger charge is 2.19. The van der Waals surface area contributed by atoms with Crippen LogP contribution < -0.4 is 10.5 Å². The summed E-state index contributed by atoms with van der Waals surface area (Å²) in [6, 6.07) is 11.1. The number of hydrogen-bond donors (Lipinski definition) is 1. The molecule has 5 heteroatoms. The maximum Gasteiger partial charge on any atom is 0.144 e. The van der Waals surface area contributed by atoms with Crippen LogP contribution in [-0.2, 0) is 0 Å². The number of benzene rings is 2. The Bertz CT molecular complexity index is 663. The third kappa shape index (κ3) is 3.56. The lowest BCUT2D eigenvalue weighted by atomic mass is 10.0. The highest BCUT2D eigenvalue weighted by Crippen LogP contribution is 2.25. The first-order chi connectivity index (χ1) is 10.0. The van der Waals surface area contributed by atoms with E-state index in [1.54, 1.807) is 25.1 Å². The molecule has 0 aromatic heterocycles. The van der Waals surface area contributed by atoms with Crippen LogP contribution in [0.3, 0.4) is 0 Å². The van der Waals surface area contributed by atoms with Crippen molar-refractivity contribution in [3.63, 3.8) is 0 Å². The van der Waals surface area contributed by atoms with E-state index >= 15 is 0 Å². The lowest BCUT2D eigenvalue weighted by Gasteiger charge is -2.23. The Balaban J connectivity index is 2.27. The SMILES string of the molecule is CC(N)C(Oc1ccc(C#N)c(F)c1)c1ccc(F)cc1. The summed E-state index contributed by atoms with van der Waals surface area (Å²) in [4.78, 5) is 0. The molecule has 2 rings (SSSR count). The molecular weight excluding hydrogens is 274 g/mol. The fourth-order valence-electron chi connectivity index (χ4n) is 1.94. The third-order valence-electron chi connectivity index (χ3n) is 3.00.